The molecule has 4 aromatic rings. The number of fused-ring (bicyclic) bond motifs is 3. The molecule has 0 bridgehead atoms. The van der Waals surface area contributed by atoms with E-state index in [9.17, 15) is 14.9 Å². The van der Waals surface area contributed by atoms with Crippen LogP contribution >= 0.6 is 11.6 Å². The quantitative estimate of drug-likeness (QED) is 0.283. The Morgan fingerprint density at radius 2 is 1.76 bits per heavy atom. The fourth-order valence-corrected chi connectivity index (χ4v) is 3.10. The van der Waals surface area contributed by atoms with Gasteiger partial charge in [-0.05, 0) is 17.5 Å². The van der Waals surface area contributed by atoms with Crippen molar-refractivity contribution in [3.63, 3.8) is 0 Å². The summed E-state index contributed by atoms with van der Waals surface area (Å²) in [4.78, 5) is 22.8. The van der Waals surface area contributed by atoms with Crippen LogP contribution in [0.2, 0.25) is 5.02 Å². The fourth-order valence-electron chi connectivity index (χ4n) is 2.83. The molecule has 25 heavy (non-hydrogen) atoms. The van der Waals surface area contributed by atoms with Crippen LogP contribution in [0, 0.1) is 10.1 Å². The molecule has 0 spiro atoms. The van der Waals surface area contributed by atoms with Gasteiger partial charge in [-0.3, -0.25) is 14.9 Å². The molecule has 4 rings (SSSR count). The third-order valence-corrected chi connectivity index (χ3v) is 4.36. The maximum absolute atomic E-state index is 12.5. The monoisotopic (exact) mass is 351 g/mol. The first kappa shape index (κ1) is 15.4. The third-order valence-electron chi connectivity index (χ3n) is 4.05. The average Bonchev–Trinajstić information content (AvgIpc) is 2.61. The molecular weight excluding hydrogens is 342 g/mol. The summed E-state index contributed by atoms with van der Waals surface area (Å²) < 4.78 is 5.97. The van der Waals surface area contributed by atoms with Crippen LogP contribution in [0.15, 0.2) is 69.9 Å². The first-order valence-corrected chi connectivity index (χ1v) is 7.82. The summed E-state index contributed by atoms with van der Waals surface area (Å²) in [6.07, 6.45) is 0. The molecule has 0 radical (unpaired) electrons. The van der Waals surface area contributed by atoms with Gasteiger partial charge < -0.3 is 4.42 Å². The Morgan fingerprint density at radius 1 is 0.960 bits per heavy atom. The van der Waals surface area contributed by atoms with E-state index in [0.29, 0.717) is 16.5 Å². The summed E-state index contributed by atoms with van der Waals surface area (Å²) in [5, 5.41) is 13.2. The van der Waals surface area contributed by atoms with Crippen molar-refractivity contribution >= 4 is 39.0 Å². The van der Waals surface area contributed by atoms with E-state index >= 15 is 0 Å². The van der Waals surface area contributed by atoms with Crippen molar-refractivity contribution < 1.29 is 9.34 Å². The van der Waals surface area contributed by atoms with Gasteiger partial charge in [-0.2, -0.15) is 0 Å². The number of non-ortho nitro benzene ring substituents is 1. The van der Waals surface area contributed by atoms with Gasteiger partial charge in [-0.1, -0.05) is 41.9 Å². The minimum absolute atomic E-state index is 0.123. The largest absolute Gasteiger partial charge is 0.455 e. The summed E-state index contributed by atoms with van der Waals surface area (Å²) in [5.41, 5.74) is 0.577. The lowest BCUT2D eigenvalue weighted by molar-refractivity contribution is -0.384. The third kappa shape index (κ3) is 2.55. The zero-order valence-electron chi connectivity index (χ0n) is 12.7. The Balaban J connectivity index is 2.02. The zero-order chi connectivity index (χ0) is 17.6. The number of rotatable bonds is 2. The Kier molecular flexibility index (Phi) is 3.51. The Labute approximate surface area is 146 Å². The van der Waals surface area contributed by atoms with Crippen LogP contribution in [-0.4, -0.2) is 4.92 Å². The molecule has 0 N–H and O–H groups in total. The van der Waals surface area contributed by atoms with E-state index in [4.69, 9.17) is 16.0 Å². The van der Waals surface area contributed by atoms with Crippen LogP contribution in [0.25, 0.3) is 33.1 Å². The second-order valence-electron chi connectivity index (χ2n) is 5.56. The van der Waals surface area contributed by atoms with Gasteiger partial charge in [0.25, 0.3) is 5.69 Å². The molecular formula is C19H10ClNO4. The summed E-state index contributed by atoms with van der Waals surface area (Å²) >= 11 is 6.16. The molecule has 0 saturated carbocycles. The molecule has 1 heterocycles. The smallest absolute Gasteiger partial charge is 0.270 e. The number of nitrogens with zero attached hydrogens (tertiary/aromatic N) is 1. The topological polar surface area (TPSA) is 73.3 Å². The zero-order valence-corrected chi connectivity index (χ0v) is 13.5. The maximum Gasteiger partial charge on any atom is 0.270 e. The van der Waals surface area contributed by atoms with Gasteiger partial charge in [0.2, 0.25) is 0 Å². The van der Waals surface area contributed by atoms with Gasteiger partial charge in [0.15, 0.2) is 5.43 Å². The highest BCUT2D eigenvalue weighted by Crippen LogP contribution is 2.33. The predicted molar refractivity (Wildman–Crippen MR) is 97.1 cm³/mol. The molecule has 122 valence electrons. The van der Waals surface area contributed by atoms with Crippen molar-refractivity contribution in [2.45, 2.75) is 0 Å². The molecule has 0 aliphatic rings. The van der Waals surface area contributed by atoms with Gasteiger partial charge in [-0.25, -0.2) is 0 Å². The summed E-state index contributed by atoms with van der Waals surface area (Å²) in [5.74, 6) is 0.272. The number of hydrogen-bond acceptors (Lipinski definition) is 4. The van der Waals surface area contributed by atoms with Crippen molar-refractivity contribution in [2.75, 3.05) is 0 Å². The number of hydrogen-bond donors (Lipinski definition) is 0. The Bertz CT molecular complexity index is 1210. The van der Waals surface area contributed by atoms with Crippen molar-refractivity contribution in [1.82, 2.24) is 0 Å². The second-order valence-corrected chi connectivity index (χ2v) is 5.97. The number of halogens is 1. The molecule has 6 heteroatoms. The molecule has 0 saturated heterocycles. The lowest BCUT2D eigenvalue weighted by atomic mass is 10.1. The number of nitro groups is 1. The van der Waals surface area contributed by atoms with E-state index in [-0.39, 0.29) is 21.9 Å². The van der Waals surface area contributed by atoms with Crippen LogP contribution < -0.4 is 5.43 Å². The molecule has 5 nitrogen and oxygen atoms in total. The minimum Gasteiger partial charge on any atom is -0.455 e. The molecule has 0 atom stereocenters. The van der Waals surface area contributed by atoms with Crippen molar-refractivity contribution in [1.29, 1.82) is 0 Å². The van der Waals surface area contributed by atoms with E-state index < -0.39 is 4.92 Å². The van der Waals surface area contributed by atoms with E-state index in [1.165, 1.54) is 24.3 Å². The molecule has 0 unspecified atom stereocenters. The number of nitro benzene ring substituents is 1. The van der Waals surface area contributed by atoms with E-state index in [2.05, 4.69) is 0 Å². The standard InChI is InChI=1S/C19H10ClNO4/c20-16-9-12(21(23)24)6-8-14(16)18-10-17(22)15-7-5-11-3-1-2-4-13(11)19(15)25-18/h1-10H. The van der Waals surface area contributed by atoms with Gasteiger partial charge in [0.1, 0.15) is 11.3 Å². The van der Waals surface area contributed by atoms with Crippen LogP contribution in [0.5, 0.6) is 0 Å². The minimum atomic E-state index is -0.528. The summed E-state index contributed by atoms with van der Waals surface area (Å²) in [7, 11) is 0. The first-order valence-electron chi connectivity index (χ1n) is 7.44. The van der Waals surface area contributed by atoms with Gasteiger partial charge >= 0.3 is 0 Å². The summed E-state index contributed by atoms with van der Waals surface area (Å²) in [6, 6.07) is 16.6. The van der Waals surface area contributed by atoms with Crippen LogP contribution in [0.4, 0.5) is 5.69 Å². The van der Waals surface area contributed by atoms with Crippen molar-refractivity contribution in [2.24, 2.45) is 0 Å². The van der Waals surface area contributed by atoms with E-state index in [0.717, 1.165) is 10.8 Å². The highest BCUT2D eigenvalue weighted by atomic mass is 35.5. The van der Waals surface area contributed by atoms with E-state index in [1.807, 2.05) is 30.3 Å². The van der Waals surface area contributed by atoms with Crippen LogP contribution in [0.3, 0.4) is 0 Å². The molecule has 0 amide bonds. The molecule has 3 aromatic carbocycles. The van der Waals surface area contributed by atoms with Gasteiger partial charge in [0.05, 0.1) is 15.3 Å². The predicted octanol–water partition coefficient (Wildman–Crippen LogP) is 5.17. The maximum atomic E-state index is 12.5. The average molecular weight is 352 g/mol. The molecule has 0 fully saturated rings. The normalized spacial score (nSPS) is 11.1. The lowest BCUT2D eigenvalue weighted by Crippen LogP contribution is -2.01. The first-order chi connectivity index (χ1) is 12.0. The van der Waals surface area contributed by atoms with Crippen LogP contribution in [-0.2, 0) is 0 Å². The van der Waals surface area contributed by atoms with Crippen molar-refractivity contribution in [3.05, 3.63) is 86.0 Å². The highest BCUT2D eigenvalue weighted by Gasteiger charge is 2.15. The second kappa shape index (κ2) is 5.72. The Hall–Kier alpha value is -3.18. The number of benzene rings is 3. The fraction of sp³-hybridized carbons (Fsp3) is 0. The highest BCUT2D eigenvalue weighted by molar-refractivity contribution is 6.33. The van der Waals surface area contributed by atoms with Crippen molar-refractivity contribution in [3.8, 4) is 11.3 Å². The van der Waals surface area contributed by atoms with Gasteiger partial charge in [0, 0.05) is 29.1 Å². The molecule has 0 aliphatic heterocycles. The molecule has 1 aromatic heterocycles. The van der Waals surface area contributed by atoms with Crippen LogP contribution in [0.1, 0.15) is 0 Å². The van der Waals surface area contributed by atoms with E-state index in [1.54, 1.807) is 6.07 Å². The van der Waals surface area contributed by atoms with Gasteiger partial charge in [-0.15, -0.1) is 0 Å². The SMILES string of the molecule is O=c1cc(-c2ccc([N+](=O)[O-])cc2Cl)oc2c1ccc1ccccc12. The molecule has 0 aliphatic carbocycles. The summed E-state index contributed by atoms with van der Waals surface area (Å²) in [6.45, 7) is 0. The lowest BCUT2D eigenvalue weighted by Gasteiger charge is -2.07. The Morgan fingerprint density at radius 3 is 2.52 bits per heavy atom.